The van der Waals surface area contributed by atoms with Gasteiger partial charge in [-0.15, -0.1) is 0 Å². The molecule has 0 aromatic carbocycles. The molecule has 0 bridgehead atoms. The molecule has 28 heavy (non-hydrogen) atoms. The number of ether oxygens (including phenoxy) is 2. The number of hydrogen-bond acceptors (Lipinski definition) is 7. The van der Waals surface area contributed by atoms with Gasteiger partial charge in [-0.2, -0.15) is 5.16 Å². The fraction of sp³-hybridized carbons (Fsp3) is 0.368. The molecule has 1 fully saturated rings. The number of rotatable bonds is 6. The van der Waals surface area contributed by atoms with Crippen molar-refractivity contribution in [2.75, 3.05) is 0 Å². The predicted octanol–water partition coefficient (Wildman–Crippen LogP) is 3.01. The third-order valence-electron chi connectivity index (χ3n) is 4.40. The molecule has 0 radical (unpaired) electrons. The van der Waals surface area contributed by atoms with Gasteiger partial charge in [0, 0.05) is 25.1 Å². The normalized spacial score (nSPS) is 21.4. The highest BCUT2D eigenvalue weighted by atomic mass is 19.1. The smallest absolute Gasteiger partial charge is 0.280 e. The molecule has 146 valence electrons. The van der Waals surface area contributed by atoms with Gasteiger partial charge in [0.05, 0.1) is 24.6 Å². The first-order valence-corrected chi connectivity index (χ1v) is 8.91. The van der Waals surface area contributed by atoms with E-state index in [0.717, 1.165) is 0 Å². The van der Waals surface area contributed by atoms with Gasteiger partial charge in [0.2, 0.25) is 11.8 Å². The summed E-state index contributed by atoms with van der Waals surface area (Å²) >= 11 is 0. The zero-order valence-electron chi connectivity index (χ0n) is 15.4. The van der Waals surface area contributed by atoms with Crippen molar-refractivity contribution in [1.29, 1.82) is 0 Å². The summed E-state index contributed by atoms with van der Waals surface area (Å²) in [5.74, 6) is 0.978. The Morgan fingerprint density at radius 3 is 2.68 bits per heavy atom. The topological polar surface area (TPSA) is 103 Å². The lowest BCUT2D eigenvalue weighted by atomic mass is 9.74. The van der Waals surface area contributed by atoms with E-state index in [1.165, 1.54) is 18.5 Å². The van der Waals surface area contributed by atoms with Crippen LogP contribution in [0.5, 0.6) is 11.8 Å². The molecule has 1 aliphatic carbocycles. The van der Waals surface area contributed by atoms with E-state index in [-0.39, 0.29) is 42.2 Å². The minimum atomic E-state index is -1.48. The van der Waals surface area contributed by atoms with Crippen LogP contribution in [0.25, 0.3) is 11.5 Å². The van der Waals surface area contributed by atoms with Crippen LogP contribution in [-0.2, 0) is 5.67 Å². The number of hydrogen-bond donors (Lipinski definition) is 1. The molecule has 9 heteroatoms. The van der Waals surface area contributed by atoms with Crippen molar-refractivity contribution < 1.29 is 18.4 Å². The molecule has 3 heterocycles. The Hall–Kier alpha value is -3.23. The van der Waals surface area contributed by atoms with Gasteiger partial charge in [0.15, 0.2) is 5.76 Å². The standard InChI is InChI=1S/C19H19FN4O4/c1-11(2)26-17-5-12(3-4-21-17)19(20)7-13(8-19)27-18-10-22-14(9-23-18)15-6-16(25)24-28-15/h3-6,9-11,13H,7-8H2,1-2H3,(H,24,25). The van der Waals surface area contributed by atoms with Crippen LogP contribution in [0.15, 0.2) is 46.1 Å². The maximum Gasteiger partial charge on any atom is 0.280 e. The van der Waals surface area contributed by atoms with Gasteiger partial charge < -0.3 is 14.0 Å². The van der Waals surface area contributed by atoms with Gasteiger partial charge in [0.1, 0.15) is 17.5 Å². The number of aromatic amines is 1. The highest BCUT2D eigenvalue weighted by molar-refractivity contribution is 5.49. The van der Waals surface area contributed by atoms with Crippen molar-refractivity contribution in [3.63, 3.8) is 0 Å². The summed E-state index contributed by atoms with van der Waals surface area (Å²) in [5.41, 5.74) is -0.913. The lowest BCUT2D eigenvalue weighted by Gasteiger charge is -2.41. The highest BCUT2D eigenvalue weighted by Crippen LogP contribution is 2.47. The van der Waals surface area contributed by atoms with E-state index in [1.54, 1.807) is 18.3 Å². The second kappa shape index (κ2) is 7.06. The summed E-state index contributed by atoms with van der Waals surface area (Å²) in [6.07, 6.45) is 4.46. The summed E-state index contributed by atoms with van der Waals surface area (Å²) in [4.78, 5) is 23.5. The average Bonchev–Trinajstić information content (AvgIpc) is 3.07. The van der Waals surface area contributed by atoms with Crippen LogP contribution in [0.2, 0.25) is 0 Å². The van der Waals surface area contributed by atoms with Gasteiger partial charge in [0.25, 0.3) is 5.56 Å². The number of alkyl halides is 1. The van der Waals surface area contributed by atoms with E-state index in [2.05, 4.69) is 20.1 Å². The molecule has 3 aromatic rings. The first-order chi connectivity index (χ1) is 13.4. The number of nitrogens with one attached hydrogen (secondary N) is 1. The van der Waals surface area contributed by atoms with Crippen LogP contribution in [0.1, 0.15) is 32.3 Å². The van der Waals surface area contributed by atoms with Gasteiger partial charge >= 0.3 is 0 Å². The fourth-order valence-corrected chi connectivity index (χ4v) is 3.06. The van der Waals surface area contributed by atoms with Gasteiger partial charge in [-0.3, -0.25) is 4.79 Å². The Kier molecular flexibility index (Phi) is 4.58. The van der Waals surface area contributed by atoms with Crippen molar-refractivity contribution in [2.45, 2.75) is 44.6 Å². The summed E-state index contributed by atoms with van der Waals surface area (Å²) in [6.45, 7) is 3.78. The van der Waals surface area contributed by atoms with E-state index in [9.17, 15) is 4.79 Å². The molecular weight excluding hydrogens is 367 g/mol. The van der Waals surface area contributed by atoms with Crippen molar-refractivity contribution >= 4 is 0 Å². The molecule has 0 atom stereocenters. The molecule has 0 unspecified atom stereocenters. The van der Waals surface area contributed by atoms with Crippen molar-refractivity contribution in [3.05, 3.63) is 52.7 Å². The van der Waals surface area contributed by atoms with E-state index >= 15 is 4.39 Å². The zero-order valence-corrected chi connectivity index (χ0v) is 15.4. The summed E-state index contributed by atoms with van der Waals surface area (Å²) in [7, 11) is 0. The Bertz CT molecular complexity index is 1010. The largest absolute Gasteiger partial charge is 0.475 e. The Labute approximate surface area is 159 Å². The number of nitrogens with zero attached hydrogens (tertiary/aromatic N) is 3. The second-order valence-electron chi connectivity index (χ2n) is 6.98. The molecule has 1 aliphatic rings. The maximum atomic E-state index is 15.2. The Morgan fingerprint density at radius 2 is 2.04 bits per heavy atom. The number of aromatic nitrogens is 4. The SMILES string of the molecule is CC(C)Oc1cc(C2(F)CC(Oc3cnc(-c4cc(=O)[nH]o4)cn3)C2)ccn1. The molecule has 3 aromatic heterocycles. The minimum absolute atomic E-state index is 0.0309. The van der Waals surface area contributed by atoms with Gasteiger partial charge in [-0.1, -0.05) is 0 Å². The van der Waals surface area contributed by atoms with E-state index < -0.39 is 5.67 Å². The second-order valence-corrected chi connectivity index (χ2v) is 6.98. The van der Waals surface area contributed by atoms with E-state index in [4.69, 9.17) is 14.0 Å². The van der Waals surface area contributed by atoms with E-state index in [1.807, 2.05) is 13.8 Å². The van der Waals surface area contributed by atoms with Crippen LogP contribution in [0, 0.1) is 0 Å². The monoisotopic (exact) mass is 386 g/mol. The number of halogens is 1. The van der Waals surface area contributed by atoms with Crippen LogP contribution in [-0.4, -0.2) is 32.3 Å². The Morgan fingerprint density at radius 1 is 1.21 bits per heavy atom. The van der Waals surface area contributed by atoms with Crippen LogP contribution < -0.4 is 15.0 Å². The first-order valence-electron chi connectivity index (χ1n) is 8.91. The number of pyridine rings is 1. The molecule has 0 aliphatic heterocycles. The van der Waals surface area contributed by atoms with Crippen LogP contribution >= 0.6 is 0 Å². The molecule has 0 saturated heterocycles. The Balaban J connectivity index is 1.38. The first kappa shape index (κ1) is 18.1. The van der Waals surface area contributed by atoms with E-state index in [0.29, 0.717) is 17.1 Å². The summed E-state index contributed by atoms with van der Waals surface area (Å²) in [6, 6.07) is 4.57. The zero-order chi connectivity index (χ0) is 19.7. The summed E-state index contributed by atoms with van der Waals surface area (Å²) in [5, 5.41) is 2.19. The minimum Gasteiger partial charge on any atom is -0.475 e. The van der Waals surface area contributed by atoms with Crippen molar-refractivity contribution in [2.24, 2.45) is 0 Å². The van der Waals surface area contributed by atoms with Gasteiger partial charge in [-0.05, 0) is 25.5 Å². The molecule has 0 amide bonds. The lowest BCUT2D eigenvalue weighted by molar-refractivity contribution is -0.0489. The molecule has 1 saturated carbocycles. The molecule has 8 nitrogen and oxygen atoms in total. The molecule has 4 rings (SSSR count). The third-order valence-corrected chi connectivity index (χ3v) is 4.40. The predicted molar refractivity (Wildman–Crippen MR) is 96.8 cm³/mol. The third kappa shape index (κ3) is 3.73. The van der Waals surface area contributed by atoms with Crippen LogP contribution in [0.3, 0.4) is 0 Å². The highest BCUT2D eigenvalue weighted by Gasteiger charge is 2.48. The van der Waals surface area contributed by atoms with Crippen LogP contribution in [0.4, 0.5) is 4.39 Å². The average molecular weight is 386 g/mol. The van der Waals surface area contributed by atoms with Crippen molar-refractivity contribution in [3.8, 4) is 23.2 Å². The molecule has 0 spiro atoms. The lowest BCUT2D eigenvalue weighted by Crippen LogP contribution is -2.44. The molecule has 1 N–H and O–H groups in total. The summed E-state index contributed by atoms with van der Waals surface area (Å²) < 4.78 is 31.4. The fourth-order valence-electron chi connectivity index (χ4n) is 3.06. The quantitative estimate of drug-likeness (QED) is 0.694. The van der Waals surface area contributed by atoms with Gasteiger partial charge in [-0.25, -0.2) is 19.3 Å². The molecular formula is C19H19FN4O4. The maximum absolute atomic E-state index is 15.2. The van der Waals surface area contributed by atoms with Crippen molar-refractivity contribution in [1.82, 2.24) is 20.1 Å². The number of H-pyrrole nitrogens is 1.